The number of nitriles is 1. The molecule has 0 saturated carbocycles. The third-order valence-corrected chi connectivity index (χ3v) is 3.30. The molecule has 0 spiro atoms. The summed E-state index contributed by atoms with van der Waals surface area (Å²) in [4.78, 5) is 5.28. The zero-order valence-corrected chi connectivity index (χ0v) is 8.36. The average molecular weight is 206 g/mol. The smallest absolute Gasteiger partial charge is 0.124 e. The Labute approximate surface area is 84.1 Å². The summed E-state index contributed by atoms with van der Waals surface area (Å²) < 4.78 is 0. The molecule has 0 unspecified atom stereocenters. The van der Waals surface area contributed by atoms with Crippen LogP contribution in [0.2, 0.25) is 0 Å². The van der Waals surface area contributed by atoms with Gasteiger partial charge in [0.1, 0.15) is 5.01 Å². The Morgan fingerprint density at radius 3 is 3.15 bits per heavy atom. The number of aromatic nitrogens is 1. The fourth-order valence-electron chi connectivity index (χ4n) is 0.987. The van der Waals surface area contributed by atoms with Gasteiger partial charge in [-0.2, -0.15) is 16.6 Å². The first-order valence-electron chi connectivity index (χ1n) is 3.74. The van der Waals surface area contributed by atoms with Gasteiger partial charge in [-0.3, -0.25) is 0 Å². The summed E-state index contributed by atoms with van der Waals surface area (Å²) in [7, 11) is 0. The van der Waals surface area contributed by atoms with Crippen LogP contribution in [-0.2, 0) is 6.42 Å². The van der Waals surface area contributed by atoms with Crippen molar-refractivity contribution < 1.29 is 0 Å². The standard InChI is InChI=1S/C9H6N2S2/c10-3-1-8-5-11-9(13-8)7-2-4-12-6-7/h2,4-6H,1H2. The van der Waals surface area contributed by atoms with Crippen LogP contribution in [0.1, 0.15) is 4.88 Å². The molecule has 0 aromatic carbocycles. The van der Waals surface area contributed by atoms with Crippen molar-refractivity contribution in [2.45, 2.75) is 6.42 Å². The van der Waals surface area contributed by atoms with E-state index in [9.17, 15) is 0 Å². The second-order valence-electron chi connectivity index (χ2n) is 2.48. The van der Waals surface area contributed by atoms with Crippen molar-refractivity contribution in [1.29, 1.82) is 5.26 Å². The van der Waals surface area contributed by atoms with Crippen LogP contribution in [0, 0.1) is 11.3 Å². The van der Waals surface area contributed by atoms with Crippen LogP contribution in [0.4, 0.5) is 0 Å². The lowest BCUT2D eigenvalue weighted by Crippen LogP contribution is -1.68. The van der Waals surface area contributed by atoms with Gasteiger partial charge >= 0.3 is 0 Å². The van der Waals surface area contributed by atoms with Crippen LogP contribution >= 0.6 is 22.7 Å². The fourth-order valence-corrected chi connectivity index (χ4v) is 2.54. The summed E-state index contributed by atoms with van der Waals surface area (Å²) in [6.07, 6.45) is 2.24. The highest BCUT2D eigenvalue weighted by molar-refractivity contribution is 7.15. The van der Waals surface area contributed by atoms with Crippen molar-refractivity contribution in [3.05, 3.63) is 27.9 Å². The lowest BCUT2D eigenvalue weighted by atomic mass is 10.4. The summed E-state index contributed by atoms with van der Waals surface area (Å²) in [5, 5.41) is 13.6. The summed E-state index contributed by atoms with van der Waals surface area (Å²) >= 11 is 3.25. The first-order valence-corrected chi connectivity index (χ1v) is 5.50. The second-order valence-corrected chi connectivity index (χ2v) is 4.37. The molecule has 0 aliphatic rings. The van der Waals surface area contributed by atoms with Gasteiger partial charge in [-0.1, -0.05) is 0 Å². The van der Waals surface area contributed by atoms with E-state index in [0.29, 0.717) is 6.42 Å². The molecule has 64 valence electrons. The Morgan fingerprint density at radius 1 is 1.54 bits per heavy atom. The number of hydrogen-bond donors (Lipinski definition) is 0. The molecule has 0 aliphatic carbocycles. The van der Waals surface area contributed by atoms with Crippen LogP contribution in [0.15, 0.2) is 23.0 Å². The van der Waals surface area contributed by atoms with E-state index in [1.807, 2.05) is 11.4 Å². The van der Waals surface area contributed by atoms with Crippen molar-refractivity contribution in [1.82, 2.24) is 4.98 Å². The highest BCUT2D eigenvalue weighted by atomic mass is 32.1. The van der Waals surface area contributed by atoms with E-state index in [4.69, 9.17) is 5.26 Å². The molecule has 0 fully saturated rings. The van der Waals surface area contributed by atoms with Gasteiger partial charge in [0.25, 0.3) is 0 Å². The van der Waals surface area contributed by atoms with Crippen molar-refractivity contribution in [3.8, 4) is 16.6 Å². The van der Waals surface area contributed by atoms with Gasteiger partial charge in [-0.25, -0.2) is 4.98 Å². The molecule has 2 rings (SSSR count). The average Bonchev–Trinajstić information content (AvgIpc) is 2.70. The van der Waals surface area contributed by atoms with E-state index in [1.54, 1.807) is 28.9 Å². The minimum Gasteiger partial charge on any atom is -0.244 e. The zero-order valence-electron chi connectivity index (χ0n) is 6.73. The summed E-state index contributed by atoms with van der Waals surface area (Å²) in [5.41, 5.74) is 1.15. The third kappa shape index (κ3) is 1.77. The molecule has 2 nitrogen and oxygen atoms in total. The maximum Gasteiger partial charge on any atom is 0.124 e. The number of thiazole rings is 1. The largest absolute Gasteiger partial charge is 0.244 e. The molecule has 4 heteroatoms. The first-order chi connectivity index (χ1) is 6.40. The quantitative estimate of drug-likeness (QED) is 0.757. The number of thiophene rings is 1. The second kappa shape index (κ2) is 3.69. The highest BCUT2D eigenvalue weighted by Gasteiger charge is 2.03. The molecule has 0 aliphatic heterocycles. The van der Waals surface area contributed by atoms with Crippen molar-refractivity contribution >= 4 is 22.7 Å². The Kier molecular flexibility index (Phi) is 2.39. The Hall–Kier alpha value is -1.18. The Morgan fingerprint density at radius 2 is 2.46 bits per heavy atom. The van der Waals surface area contributed by atoms with Gasteiger partial charge in [-0.05, 0) is 11.4 Å². The predicted octanol–water partition coefficient (Wildman–Crippen LogP) is 2.94. The normalized spacial score (nSPS) is 9.77. The van der Waals surface area contributed by atoms with Gasteiger partial charge in [0, 0.05) is 22.0 Å². The zero-order chi connectivity index (χ0) is 9.10. The van der Waals surface area contributed by atoms with E-state index in [1.165, 1.54) is 0 Å². The predicted molar refractivity (Wildman–Crippen MR) is 54.7 cm³/mol. The summed E-state index contributed by atoms with van der Waals surface area (Å²) in [6.45, 7) is 0. The Balaban J connectivity index is 2.29. The topological polar surface area (TPSA) is 36.7 Å². The highest BCUT2D eigenvalue weighted by Crippen LogP contribution is 2.26. The fraction of sp³-hybridized carbons (Fsp3) is 0.111. The molecule has 0 saturated heterocycles. The minimum atomic E-state index is 0.460. The van der Waals surface area contributed by atoms with Crippen LogP contribution in [0.3, 0.4) is 0 Å². The molecular formula is C9H6N2S2. The molecule has 0 atom stereocenters. The van der Waals surface area contributed by atoms with Gasteiger partial charge in [0.2, 0.25) is 0 Å². The SMILES string of the molecule is N#CCc1cnc(-c2ccsc2)s1. The minimum absolute atomic E-state index is 0.460. The molecule has 2 aromatic heterocycles. The van der Waals surface area contributed by atoms with Crippen LogP contribution < -0.4 is 0 Å². The van der Waals surface area contributed by atoms with Gasteiger partial charge < -0.3 is 0 Å². The van der Waals surface area contributed by atoms with Crippen LogP contribution in [0.25, 0.3) is 10.6 Å². The lowest BCUT2D eigenvalue weighted by molar-refractivity contribution is 1.28. The van der Waals surface area contributed by atoms with Gasteiger partial charge in [-0.15, -0.1) is 11.3 Å². The molecule has 0 N–H and O–H groups in total. The van der Waals surface area contributed by atoms with Crippen molar-refractivity contribution in [3.63, 3.8) is 0 Å². The monoisotopic (exact) mass is 206 g/mol. The van der Waals surface area contributed by atoms with Crippen LogP contribution in [0.5, 0.6) is 0 Å². The number of rotatable bonds is 2. The summed E-state index contributed by atoms with van der Waals surface area (Å²) in [6, 6.07) is 4.16. The van der Waals surface area contributed by atoms with E-state index in [2.05, 4.69) is 16.4 Å². The first kappa shape index (κ1) is 8.42. The molecule has 0 amide bonds. The van der Waals surface area contributed by atoms with Gasteiger partial charge in [0.05, 0.1) is 12.5 Å². The third-order valence-electron chi connectivity index (χ3n) is 1.57. The van der Waals surface area contributed by atoms with E-state index >= 15 is 0 Å². The molecule has 2 heterocycles. The van der Waals surface area contributed by atoms with Crippen molar-refractivity contribution in [2.75, 3.05) is 0 Å². The molecule has 0 radical (unpaired) electrons. The molecule has 13 heavy (non-hydrogen) atoms. The molecule has 2 aromatic rings. The van der Waals surface area contributed by atoms with Crippen molar-refractivity contribution in [2.24, 2.45) is 0 Å². The van der Waals surface area contributed by atoms with E-state index < -0.39 is 0 Å². The van der Waals surface area contributed by atoms with Gasteiger partial charge in [0.15, 0.2) is 0 Å². The van der Waals surface area contributed by atoms with E-state index in [0.717, 1.165) is 15.4 Å². The number of nitrogens with zero attached hydrogens (tertiary/aromatic N) is 2. The number of hydrogen-bond acceptors (Lipinski definition) is 4. The van der Waals surface area contributed by atoms with Crippen LogP contribution in [-0.4, -0.2) is 4.98 Å². The Bertz CT molecular complexity index is 423. The van der Waals surface area contributed by atoms with E-state index in [-0.39, 0.29) is 0 Å². The lowest BCUT2D eigenvalue weighted by Gasteiger charge is -1.85. The summed E-state index contributed by atoms with van der Waals surface area (Å²) in [5.74, 6) is 0. The molecule has 0 bridgehead atoms. The maximum absolute atomic E-state index is 8.49. The molecular weight excluding hydrogens is 200 g/mol. The maximum atomic E-state index is 8.49.